The van der Waals surface area contributed by atoms with Gasteiger partial charge in [0, 0.05) is 48.5 Å². The van der Waals surface area contributed by atoms with Crippen LogP contribution in [0.4, 0.5) is 10.1 Å². The van der Waals surface area contributed by atoms with Crippen molar-refractivity contribution in [1.29, 1.82) is 0 Å². The van der Waals surface area contributed by atoms with E-state index < -0.39 is 39.8 Å². The van der Waals surface area contributed by atoms with Crippen LogP contribution < -0.4 is 10.2 Å². The van der Waals surface area contributed by atoms with E-state index in [2.05, 4.69) is 5.32 Å². The van der Waals surface area contributed by atoms with Crippen LogP contribution >= 0.6 is 11.6 Å². The third-order valence-corrected chi connectivity index (χ3v) is 9.55. The molecule has 2 aromatic carbocycles. The van der Waals surface area contributed by atoms with Crippen molar-refractivity contribution in [3.05, 3.63) is 64.9 Å². The van der Waals surface area contributed by atoms with Gasteiger partial charge >= 0.3 is 0 Å². The zero-order valence-corrected chi connectivity index (χ0v) is 21.9. The predicted octanol–water partition coefficient (Wildman–Crippen LogP) is 3.49. The molecule has 3 aliphatic rings. The maximum atomic E-state index is 14.4. The first-order valence-corrected chi connectivity index (χ1v) is 14.4. The molecule has 0 spiro atoms. The topological polar surface area (TPSA) is 89.8 Å². The number of rotatable bonds is 8. The average Bonchev–Trinajstić information content (AvgIpc) is 3.69. The minimum atomic E-state index is -3.57. The van der Waals surface area contributed by atoms with Gasteiger partial charge in [-0.25, -0.2) is 4.39 Å². The normalized spacial score (nSPS) is 20.2. The van der Waals surface area contributed by atoms with Gasteiger partial charge in [-0.15, -0.1) is 0 Å². The average molecular weight is 549 g/mol. The zero-order valence-electron chi connectivity index (χ0n) is 20.4. The molecule has 3 fully saturated rings. The van der Waals surface area contributed by atoms with E-state index in [9.17, 15) is 22.4 Å². The summed E-state index contributed by atoms with van der Waals surface area (Å²) in [5, 5.41) is 3.40. The van der Waals surface area contributed by atoms with Crippen molar-refractivity contribution in [2.24, 2.45) is 5.92 Å². The molecule has 11 heteroatoms. The van der Waals surface area contributed by atoms with Crippen molar-refractivity contribution in [3.63, 3.8) is 0 Å². The van der Waals surface area contributed by atoms with Gasteiger partial charge in [-0.3, -0.25) is 14.5 Å². The van der Waals surface area contributed by atoms with Gasteiger partial charge in [-0.2, -0.15) is 17.0 Å². The predicted molar refractivity (Wildman–Crippen MR) is 139 cm³/mol. The molecule has 2 saturated heterocycles. The van der Waals surface area contributed by atoms with Gasteiger partial charge in [0.25, 0.3) is 10.2 Å². The Morgan fingerprint density at radius 3 is 2.35 bits per heavy atom. The highest BCUT2D eigenvalue weighted by molar-refractivity contribution is 7.87. The first-order valence-electron chi connectivity index (χ1n) is 12.6. The maximum absolute atomic E-state index is 14.4. The Labute approximate surface area is 221 Å². The van der Waals surface area contributed by atoms with Crippen LogP contribution in [0.1, 0.15) is 43.7 Å². The first-order chi connectivity index (χ1) is 17.8. The number of anilines is 1. The molecule has 0 bridgehead atoms. The van der Waals surface area contributed by atoms with Gasteiger partial charge in [-0.05, 0) is 37.1 Å². The Kier molecular flexibility index (Phi) is 7.53. The van der Waals surface area contributed by atoms with Crippen LogP contribution in [0.2, 0.25) is 5.02 Å². The highest BCUT2D eigenvalue weighted by atomic mass is 35.5. The second kappa shape index (κ2) is 10.7. The monoisotopic (exact) mass is 548 g/mol. The van der Waals surface area contributed by atoms with Crippen LogP contribution in [0.15, 0.2) is 48.5 Å². The molecule has 2 amide bonds. The summed E-state index contributed by atoms with van der Waals surface area (Å²) in [5.41, 5.74) is 0.629. The Hall–Kier alpha value is -2.53. The van der Waals surface area contributed by atoms with Crippen LogP contribution in [-0.4, -0.2) is 61.1 Å². The van der Waals surface area contributed by atoms with Crippen molar-refractivity contribution in [2.45, 2.75) is 44.2 Å². The molecule has 1 saturated carbocycles. The Balaban J connectivity index is 1.49. The van der Waals surface area contributed by atoms with Gasteiger partial charge in [-0.1, -0.05) is 55.1 Å². The number of carbonyl (C=O) groups excluding carboxylic acids is 2. The van der Waals surface area contributed by atoms with Crippen LogP contribution in [0.3, 0.4) is 0 Å². The quantitative estimate of drug-likeness (QED) is 0.511. The SMILES string of the molecule is O=C(NC1CCCCC1)[C@@H](c1ccccc1Cl)N(C(=O)C1CN(S(=O)(=O)N2CC2)C1)c1cccc(F)c1. The molecule has 1 N–H and O–H groups in total. The summed E-state index contributed by atoms with van der Waals surface area (Å²) in [6.45, 7) is 0.956. The van der Waals surface area contributed by atoms with Gasteiger partial charge in [0.2, 0.25) is 11.8 Å². The van der Waals surface area contributed by atoms with Crippen LogP contribution in [-0.2, 0) is 19.8 Å². The molecule has 198 valence electrons. The van der Waals surface area contributed by atoms with Gasteiger partial charge in [0.1, 0.15) is 11.9 Å². The van der Waals surface area contributed by atoms with Crippen LogP contribution in [0.5, 0.6) is 0 Å². The summed E-state index contributed by atoms with van der Waals surface area (Å²) in [7, 11) is -3.57. The lowest BCUT2D eigenvalue weighted by Gasteiger charge is -2.41. The highest BCUT2D eigenvalue weighted by Gasteiger charge is 2.48. The van der Waals surface area contributed by atoms with E-state index in [0.717, 1.165) is 32.1 Å². The van der Waals surface area contributed by atoms with E-state index >= 15 is 0 Å². The number of nitrogens with one attached hydrogen (secondary N) is 1. The summed E-state index contributed by atoms with van der Waals surface area (Å²) in [4.78, 5) is 29.1. The molecule has 0 unspecified atom stereocenters. The Bertz CT molecular complexity index is 1280. The Morgan fingerprint density at radius 1 is 1.00 bits per heavy atom. The smallest absolute Gasteiger partial charge is 0.282 e. The first kappa shape index (κ1) is 26.1. The number of carbonyl (C=O) groups is 2. The summed E-state index contributed by atoms with van der Waals surface area (Å²) in [6.07, 6.45) is 4.84. The molecule has 8 nitrogen and oxygen atoms in total. The fourth-order valence-electron chi connectivity index (χ4n) is 5.07. The number of benzene rings is 2. The van der Waals surface area contributed by atoms with Gasteiger partial charge < -0.3 is 5.32 Å². The minimum Gasteiger partial charge on any atom is -0.351 e. The molecule has 2 aliphatic heterocycles. The fourth-order valence-corrected chi connectivity index (χ4v) is 6.91. The second-order valence-electron chi connectivity index (χ2n) is 9.88. The lowest BCUT2D eigenvalue weighted by atomic mass is 9.93. The number of hydrogen-bond donors (Lipinski definition) is 1. The van der Waals surface area contributed by atoms with Crippen LogP contribution in [0, 0.1) is 11.7 Å². The lowest BCUT2D eigenvalue weighted by Crippen LogP contribution is -2.59. The van der Waals surface area contributed by atoms with E-state index in [1.165, 1.54) is 31.7 Å². The summed E-state index contributed by atoms with van der Waals surface area (Å²) in [6, 6.07) is 11.1. The summed E-state index contributed by atoms with van der Waals surface area (Å²) in [5.74, 6) is -2.08. The van der Waals surface area contributed by atoms with E-state index in [4.69, 9.17) is 11.6 Å². The number of hydrogen-bond acceptors (Lipinski definition) is 4. The molecule has 1 atom stereocenters. The molecular formula is C26H30ClFN4O4S. The maximum Gasteiger partial charge on any atom is 0.282 e. The fraction of sp³-hybridized carbons (Fsp3) is 0.462. The molecule has 1 aliphatic carbocycles. The van der Waals surface area contributed by atoms with E-state index in [1.54, 1.807) is 30.3 Å². The van der Waals surface area contributed by atoms with E-state index in [-0.39, 0.29) is 24.8 Å². The van der Waals surface area contributed by atoms with E-state index in [1.807, 2.05) is 0 Å². The molecule has 37 heavy (non-hydrogen) atoms. The highest BCUT2D eigenvalue weighted by Crippen LogP contribution is 2.36. The molecular weight excluding hydrogens is 519 g/mol. The summed E-state index contributed by atoms with van der Waals surface area (Å²) >= 11 is 6.54. The third kappa shape index (κ3) is 5.52. The van der Waals surface area contributed by atoms with Crippen molar-refractivity contribution in [2.75, 3.05) is 31.1 Å². The van der Waals surface area contributed by atoms with Crippen LogP contribution in [0.25, 0.3) is 0 Å². The van der Waals surface area contributed by atoms with Crippen molar-refractivity contribution in [1.82, 2.24) is 13.9 Å². The van der Waals surface area contributed by atoms with Crippen molar-refractivity contribution < 1.29 is 22.4 Å². The van der Waals surface area contributed by atoms with E-state index in [0.29, 0.717) is 23.7 Å². The molecule has 2 heterocycles. The Morgan fingerprint density at radius 2 is 1.70 bits per heavy atom. The van der Waals surface area contributed by atoms with Crippen molar-refractivity contribution >= 4 is 39.3 Å². The minimum absolute atomic E-state index is 0.00294. The number of amides is 2. The van der Waals surface area contributed by atoms with Gasteiger partial charge in [0.05, 0.1) is 5.92 Å². The second-order valence-corrected chi connectivity index (χ2v) is 12.2. The molecule has 0 radical (unpaired) electrons. The lowest BCUT2D eigenvalue weighted by molar-refractivity contribution is -0.130. The van der Waals surface area contributed by atoms with Gasteiger partial charge in [0.15, 0.2) is 0 Å². The van der Waals surface area contributed by atoms with Crippen molar-refractivity contribution in [3.8, 4) is 0 Å². The third-order valence-electron chi connectivity index (χ3n) is 7.24. The number of nitrogens with zero attached hydrogens (tertiary/aromatic N) is 3. The molecule has 0 aromatic heterocycles. The standard InChI is InChI=1S/C26H30ClFN4O4S/c27-23-12-5-4-11-22(23)24(25(33)29-20-8-2-1-3-9-20)32(21-10-6-7-19(28)15-21)26(34)18-16-31(17-18)37(35,36)30-13-14-30/h4-7,10-12,15,18,20,24H,1-3,8-9,13-14,16-17H2,(H,29,33)/t24-/m1/s1. The zero-order chi connectivity index (χ0) is 26.2. The molecule has 2 aromatic rings. The number of halogens is 2. The molecule has 5 rings (SSSR count). The summed E-state index contributed by atoms with van der Waals surface area (Å²) < 4.78 is 42.1. The largest absolute Gasteiger partial charge is 0.351 e.